The van der Waals surface area contributed by atoms with Crippen molar-refractivity contribution in [3.8, 4) is 28.3 Å². The summed E-state index contributed by atoms with van der Waals surface area (Å²) in [6, 6.07) is 23.1. The molecule has 0 fully saturated rings. The topological polar surface area (TPSA) is 64.1 Å². The van der Waals surface area contributed by atoms with E-state index in [9.17, 15) is 4.79 Å². The van der Waals surface area contributed by atoms with Gasteiger partial charge in [0.2, 0.25) is 5.91 Å². The summed E-state index contributed by atoms with van der Waals surface area (Å²) in [7, 11) is 1.67. The molecule has 3 aromatic carbocycles. The van der Waals surface area contributed by atoms with Gasteiger partial charge in [-0.25, -0.2) is 9.97 Å². The molecule has 0 saturated carbocycles. The third-order valence-corrected chi connectivity index (χ3v) is 6.00. The third kappa shape index (κ3) is 4.45. The highest BCUT2D eigenvalue weighted by Gasteiger charge is 2.23. The van der Waals surface area contributed by atoms with Gasteiger partial charge in [-0.15, -0.1) is 0 Å². The van der Waals surface area contributed by atoms with E-state index in [1.165, 1.54) is 5.56 Å². The lowest BCUT2D eigenvalue weighted by atomic mass is 9.91. The lowest BCUT2D eigenvalue weighted by Crippen LogP contribution is -2.18. The molecule has 1 N–H and O–H groups in total. The zero-order valence-electron chi connectivity index (χ0n) is 18.1. The second-order valence-electron chi connectivity index (χ2n) is 7.96. The number of hydrogen-bond donors (Lipinski definition) is 1. The van der Waals surface area contributed by atoms with Crippen LogP contribution in [-0.2, 0) is 24.1 Å². The summed E-state index contributed by atoms with van der Waals surface area (Å²) in [5.41, 5.74) is 6.42. The maximum atomic E-state index is 12.9. The van der Waals surface area contributed by atoms with Gasteiger partial charge in [0.1, 0.15) is 11.4 Å². The monoisotopic (exact) mass is 455 g/mol. The number of hydrogen-bond acceptors (Lipinski definition) is 4. The Hall–Kier alpha value is -3.70. The summed E-state index contributed by atoms with van der Waals surface area (Å²) in [4.78, 5) is 22.8. The van der Waals surface area contributed by atoms with Crippen molar-refractivity contribution in [1.29, 1.82) is 0 Å². The number of halogens is 1. The molecule has 1 amide bonds. The Morgan fingerprint density at radius 3 is 2.52 bits per heavy atom. The number of aryl methyl sites for hydroxylation is 2. The van der Waals surface area contributed by atoms with Crippen molar-refractivity contribution < 1.29 is 9.53 Å². The lowest BCUT2D eigenvalue weighted by Gasteiger charge is -2.21. The molecular formula is C27H22ClN3O2. The normalized spacial score (nSPS) is 11.9. The van der Waals surface area contributed by atoms with Crippen LogP contribution in [0.4, 0.5) is 5.82 Å². The first-order valence-electron chi connectivity index (χ1n) is 10.8. The molecule has 0 atom stereocenters. The summed E-state index contributed by atoms with van der Waals surface area (Å²) in [5.74, 6) is 1.17. The molecule has 1 aromatic heterocycles. The van der Waals surface area contributed by atoms with Gasteiger partial charge in [0, 0.05) is 16.1 Å². The van der Waals surface area contributed by atoms with Crippen molar-refractivity contribution in [1.82, 2.24) is 9.97 Å². The van der Waals surface area contributed by atoms with Crippen molar-refractivity contribution in [2.24, 2.45) is 0 Å². The van der Waals surface area contributed by atoms with Gasteiger partial charge in [0.05, 0.1) is 24.9 Å². The number of rotatable bonds is 5. The molecule has 0 spiro atoms. The van der Waals surface area contributed by atoms with Gasteiger partial charge in [-0.3, -0.25) is 4.79 Å². The first-order chi connectivity index (χ1) is 16.1. The number of benzene rings is 3. The van der Waals surface area contributed by atoms with E-state index < -0.39 is 0 Å². The predicted octanol–water partition coefficient (Wildman–Crippen LogP) is 5.75. The van der Waals surface area contributed by atoms with E-state index in [1.54, 1.807) is 19.2 Å². The number of amides is 1. The second-order valence-corrected chi connectivity index (χ2v) is 8.39. The summed E-state index contributed by atoms with van der Waals surface area (Å²) >= 11 is 5.96. The minimum Gasteiger partial charge on any atom is -0.497 e. The molecule has 6 heteroatoms. The summed E-state index contributed by atoms with van der Waals surface area (Å²) in [6.07, 6.45) is 1.82. The number of carbonyl (C=O) groups is 1. The average molecular weight is 456 g/mol. The molecule has 164 valence electrons. The molecule has 5 rings (SSSR count). The van der Waals surface area contributed by atoms with E-state index in [2.05, 4.69) is 11.4 Å². The number of nitrogens with one attached hydrogen (secondary N) is 1. The molecular weight excluding hydrogens is 434 g/mol. The van der Waals surface area contributed by atoms with E-state index in [0.717, 1.165) is 46.7 Å². The molecule has 4 aromatic rings. The molecule has 0 unspecified atom stereocenters. The van der Waals surface area contributed by atoms with Crippen molar-refractivity contribution in [3.63, 3.8) is 0 Å². The number of carbonyl (C=O) groups excluding carboxylic acids is 1. The zero-order chi connectivity index (χ0) is 22.8. The first-order valence-corrected chi connectivity index (χ1v) is 11.2. The maximum Gasteiger partial charge on any atom is 0.230 e. The smallest absolute Gasteiger partial charge is 0.230 e. The van der Waals surface area contributed by atoms with Gasteiger partial charge in [-0.2, -0.15) is 0 Å². The molecule has 1 aliphatic rings. The highest BCUT2D eigenvalue weighted by molar-refractivity contribution is 6.30. The Balaban J connectivity index is 1.53. The number of fused-ring (bicyclic) bond motifs is 3. The van der Waals surface area contributed by atoms with Gasteiger partial charge in [0.15, 0.2) is 5.82 Å². The SMILES string of the molecule is COc1ccc2c(c1)CCc1nc(NC(=O)Cc3ccc(Cl)cc3)c(-c3ccccc3)nc1-2. The third-order valence-electron chi connectivity index (χ3n) is 5.75. The molecule has 0 aliphatic heterocycles. The van der Waals surface area contributed by atoms with Crippen LogP contribution in [0.5, 0.6) is 5.75 Å². The largest absolute Gasteiger partial charge is 0.497 e. The van der Waals surface area contributed by atoms with Crippen molar-refractivity contribution in [2.75, 3.05) is 12.4 Å². The Kier molecular flexibility index (Phi) is 5.80. The van der Waals surface area contributed by atoms with Crippen LogP contribution in [0.15, 0.2) is 72.8 Å². The van der Waals surface area contributed by atoms with E-state index in [1.807, 2.05) is 54.6 Å². The van der Waals surface area contributed by atoms with Crippen molar-refractivity contribution in [2.45, 2.75) is 19.3 Å². The van der Waals surface area contributed by atoms with Crippen LogP contribution in [0, 0.1) is 0 Å². The summed E-state index contributed by atoms with van der Waals surface area (Å²) in [6.45, 7) is 0. The molecule has 33 heavy (non-hydrogen) atoms. The van der Waals surface area contributed by atoms with Gasteiger partial charge < -0.3 is 10.1 Å². The Bertz CT molecular complexity index is 1320. The first kappa shape index (κ1) is 21.2. The molecule has 1 heterocycles. The Morgan fingerprint density at radius 2 is 1.76 bits per heavy atom. The standard InChI is InChI=1S/C27H22ClN3O2/c1-33-21-12-13-22-19(16-21)9-14-23-26(22)31-25(18-5-3-2-4-6-18)27(29-23)30-24(32)15-17-7-10-20(28)11-8-17/h2-8,10-13,16H,9,14-15H2,1H3,(H,29,30,32). The van der Waals surface area contributed by atoms with Crippen molar-refractivity contribution >= 4 is 23.3 Å². The van der Waals surface area contributed by atoms with E-state index in [0.29, 0.717) is 16.5 Å². The summed E-state index contributed by atoms with van der Waals surface area (Å²) in [5, 5.41) is 3.64. The Labute approximate surface area is 197 Å². The van der Waals surface area contributed by atoms with Crippen LogP contribution < -0.4 is 10.1 Å². The molecule has 0 bridgehead atoms. The quantitative estimate of drug-likeness (QED) is 0.416. The van der Waals surface area contributed by atoms with Crippen LogP contribution in [-0.4, -0.2) is 23.0 Å². The predicted molar refractivity (Wildman–Crippen MR) is 131 cm³/mol. The number of ether oxygens (including phenoxy) is 1. The van der Waals surface area contributed by atoms with E-state index in [-0.39, 0.29) is 12.3 Å². The van der Waals surface area contributed by atoms with E-state index in [4.69, 9.17) is 26.3 Å². The van der Waals surface area contributed by atoms with Crippen LogP contribution in [0.25, 0.3) is 22.5 Å². The van der Waals surface area contributed by atoms with Gasteiger partial charge in [-0.05, 0) is 54.3 Å². The lowest BCUT2D eigenvalue weighted by molar-refractivity contribution is -0.115. The number of methoxy groups -OCH3 is 1. The molecule has 0 saturated heterocycles. The highest BCUT2D eigenvalue weighted by atomic mass is 35.5. The number of aromatic nitrogens is 2. The Morgan fingerprint density at radius 1 is 0.970 bits per heavy atom. The van der Waals surface area contributed by atoms with Crippen LogP contribution in [0.1, 0.15) is 16.8 Å². The molecule has 1 aliphatic carbocycles. The molecule has 0 radical (unpaired) electrons. The highest BCUT2D eigenvalue weighted by Crippen LogP contribution is 2.37. The average Bonchev–Trinajstić information content (AvgIpc) is 2.85. The van der Waals surface area contributed by atoms with E-state index >= 15 is 0 Å². The van der Waals surface area contributed by atoms with Gasteiger partial charge in [-0.1, -0.05) is 54.1 Å². The molecule has 5 nitrogen and oxygen atoms in total. The van der Waals surface area contributed by atoms with Gasteiger partial charge in [0.25, 0.3) is 0 Å². The van der Waals surface area contributed by atoms with Crippen LogP contribution in [0.3, 0.4) is 0 Å². The summed E-state index contributed by atoms with van der Waals surface area (Å²) < 4.78 is 5.39. The van der Waals surface area contributed by atoms with Gasteiger partial charge >= 0.3 is 0 Å². The minimum absolute atomic E-state index is 0.148. The number of anilines is 1. The van der Waals surface area contributed by atoms with Crippen LogP contribution in [0.2, 0.25) is 5.02 Å². The number of nitrogens with zero attached hydrogens (tertiary/aromatic N) is 2. The second kappa shape index (κ2) is 9.04. The minimum atomic E-state index is -0.148. The fraction of sp³-hybridized carbons (Fsp3) is 0.148. The van der Waals surface area contributed by atoms with Crippen molar-refractivity contribution in [3.05, 3.63) is 94.6 Å². The van der Waals surface area contributed by atoms with Crippen LogP contribution >= 0.6 is 11.6 Å². The fourth-order valence-corrected chi connectivity index (χ4v) is 4.22. The fourth-order valence-electron chi connectivity index (χ4n) is 4.10. The maximum absolute atomic E-state index is 12.9. The zero-order valence-corrected chi connectivity index (χ0v) is 18.9.